The van der Waals surface area contributed by atoms with Gasteiger partial charge in [-0.05, 0) is 37.0 Å². The molecule has 1 atom stereocenters. The molecule has 0 aliphatic carbocycles. The van der Waals surface area contributed by atoms with Crippen LogP contribution in [0.2, 0.25) is 5.02 Å². The highest BCUT2D eigenvalue weighted by atomic mass is 79.9. The van der Waals surface area contributed by atoms with Gasteiger partial charge in [-0.25, -0.2) is 0 Å². The molecule has 3 nitrogen and oxygen atoms in total. The normalized spacial score (nSPS) is 19.5. The summed E-state index contributed by atoms with van der Waals surface area (Å²) in [6, 6.07) is 5.31. The molecule has 0 N–H and O–H groups in total. The Kier molecular flexibility index (Phi) is 5.25. The molecule has 5 heteroatoms. The molecular formula is C14H17BrClNO2. The molecule has 0 radical (unpaired) electrons. The van der Waals surface area contributed by atoms with Crippen molar-refractivity contribution in [1.82, 2.24) is 4.90 Å². The Hall–Kier alpha value is -0.580. The molecule has 1 unspecified atom stereocenters. The van der Waals surface area contributed by atoms with E-state index in [0.29, 0.717) is 23.1 Å². The number of nitrogens with zero attached hydrogens (tertiary/aromatic N) is 1. The summed E-state index contributed by atoms with van der Waals surface area (Å²) in [5.41, 5.74) is 0.637. The van der Waals surface area contributed by atoms with Crippen LogP contribution in [0.5, 0.6) is 0 Å². The molecule has 1 aliphatic heterocycles. The van der Waals surface area contributed by atoms with Crippen molar-refractivity contribution in [3.8, 4) is 0 Å². The molecule has 0 saturated carbocycles. The van der Waals surface area contributed by atoms with E-state index in [2.05, 4.69) is 15.9 Å². The number of halogens is 2. The molecule has 0 spiro atoms. The number of rotatable bonds is 3. The van der Waals surface area contributed by atoms with Crippen LogP contribution in [0.3, 0.4) is 0 Å². The van der Waals surface area contributed by atoms with Gasteiger partial charge in [-0.3, -0.25) is 4.79 Å². The summed E-state index contributed by atoms with van der Waals surface area (Å²) in [5, 5.41) is 0.572. The Morgan fingerprint density at radius 3 is 3.00 bits per heavy atom. The zero-order valence-electron chi connectivity index (χ0n) is 10.9. The van der Waals surface area contributed by atoms with Crippen LogP contribution in [0, 0.1) is 5.92 Å². The maximum atomic E-state index is 12.5. The SMILES string of the molecule is COCC1CCCN(C(=O)c2cc(Cl)cc(Br)c2)C1. The van der Waals surface area contributed by atoms with Gasteiger partial charge >= 0.3 is 0 Å². The Balaban J connectivity index is 2.10. The van der Waals surface area contributed by atoms with Gasteiger partial charge in [0.05, 0.1) is 6.61 Å². The lowest BCUT2D eigenvalue weighted by Gasteiger charge is -2.32. The molecule has 1 aromatic rings. The summed E-state index contributed by atoms with van der Waals surface area (Å²) >= 11 is 9.36. The van der Waals surface area contributed by atoms with E-state index >= 15 is 0 Å². The predicted octanol–water partition coefficient (Wildman–Crippen LogP) is 3.60. The van der Waals surface area contributed by atoms with E-state index in [0.717, 1.165) is 30.4 Å². The van der Waals surface area contributed by atoms with Crippen LogP contribution >= 0.6 is 27.5 Å². The topological polar surface area (TPSA) is 29.5 Å². The van der Waals surface area contributed by atoms with Crippen molar-refractivity contribution in [3.63, 3.8) is 0 Å². The Bertz CT molecular complexity index is 445. The second-order valence-corrected chi connectivity index (χ2v) is 6.22. The van der Waals surface area contributed by atoms with Crippen LogP contribution in [-0.2, 0) is 4.74 Å². The molecule has 0 aromatic heterocycles. The van der Waals surface area contributed by atoms with E-state index in [1.807, 2.05) is 11.0 Å². The standard InChI is InChI=1S/C14H17BrClNO2/c1-19-9-10-3-2-4-17(8-10)14(18)11-5-12(15)7-13(16)6-11/h5-7,10H,2-4,8-9H2,1H3. The first kappa shape index (κ1) is 14.8. The Morgan fingerprint density at radius 1 is 1.53 bits per heavy atom. The maximum absolute atomic E-state index is 12.5. The minimum absolute atomic E-state index is 0.0454. The molecule has 1 aromatic carbocycles. The minimum atomic E-state index is 0.0454. The quantitative estimate of drug-likeness (QED) is 0.837. The number of methoxy groups -OCH3 is 1. The van der Waals surface area contributed by atoms with Gasteiger partial charge in [0.2, 0.25) is 0 Å². The van der Waals surface area contributed by atoms with E-state index in [1.54, 1.807) is 19.2 Å². The van der Waals surface area contributed by atoms with Crippen molar-refractivity contribution in [2.24, 2.45) is 5.92 Å². The molecule has 1 saturated heterocycles. The van der Waals surface area contributed by atoms with Gasteiger partial charge in [-0.15, -0.1) is 0 Å². The van der Waals surface area contributed by atoms with Gasteiger partial charge in [0.15, 0.2) is 0 Å². The molecule has 19 heavy (non-hydrogen) atoms. The fourth-order valence-electron chi connectivity index (χ4n) is 2.48. The molecule has 104 valence electrons. The van der Waals surface area contributed by atoms with Crippen LogP contribution in [-0.4, -0.2) is 37.6 Å². The molecule has 1 heterocycles. The van der Waals surface area contributed by atoms with Crippen LogP contribution < -0.4 is 0 Å². The molecule has 1 amide bonds. The van der Waals surface area contributed by atoms with Crippen molar-refractivity contribution in [2.45, 2.75) is 12.8 Å². The third-order valence-corrected chi connectivity index (χ3v) is 3.99. The molecule has 1 aliphatic rings. The van der Waals surface area contributed by atoms with E-state index in [4.69, 9.17) is 16.3 Å². The average Bonchev–Trinajstić information content (AvgIpc) is 2.37. The lowest BCUT2D eigenvalue weighted by molar-refractivity contribution is 0.0571. The number of ether oxygens (including phenoxy) is 1. The van der Waals surface area contributed by atoms with Crippen molar-refractivity contribution in [1.29, 1.82) is 0 Å². The number of piperidine rings is 1. The lowest BCUT2D eigenvalue weighted by Crippen LogP contribution is -2.41. The maximum Gasteiger partial charge on any atom is 0.253 e. The van der Waals surface area contributed by atoms with Crippen molar-refractivity contribution >= 4 is 33.4 Å². The molecular weight excluding hydrogens is 330 g/mol. The van der Waals surface area contributed by atoms with Gasteiger partial charge in [0, 0.05) is 35.3 Å². The van der Waals surface area contributed by atoms with Crippen LogP contribution in [0.1, 0.15) is 23.2 Å². The van der Waals surface area contributed by atoms with Gasteiger partial charge in [-0.1, -0.05) is 27.5 Å². The fraction of sp³-hybridized carbons (Fsp3) is 0.500. The van der Waals surface area contributed by atoms with Crippen LogP contribution in [0.4, 0.5) is 0 Å². The van der Waals surface area contributed by atoms with Crippen LogP contribution in [0.15, 0.2) is 22.7 Å². The van der Waals surface area contributed by atoms with E-state index in [-0.39, 0.29) is 5.91 Å². The summed E-state index contributed by atoms with van der Waals surface area (Å²) in [4.78, 5) is 14.4. The first-order valence-electron chi connectivity index (χ1n) is 6.34. The van der Waals surface area contributed by atoms with Crippen LogP contribution in [0.25, 0.3) is 0 Å². The van der Waals surface area contributed by atoms with Crippen molar-refractivity contribution in [2.75, 3.05) is 26.8 Å². The number of carbonyl (C=O) groups is 1. The third kappa shape index (κ3) is 3.94. The van der Waals surface area contributed by atoms with Gasteiger partial charge in [0.25, 0.3) is 5.91 Å². The highest BCUT2D eigenvalue weighted by Gasteiger charge is 2.24. The van der Waals surface area contributed by atoms with E-state index in [1.165, 1.54) is 0 Å². The second kappa shape index (κ2) is 6.73. The monoisotopic (exact) mass is 345 g/mol. The van der Waals surface area contributed by atoms with Crippen molar-refractivity contribution < 1.29 is 9.53 Å². The van der Waals surface area contributed by atoms with E-state index in [9.17, 15) is 4.79 Å². The number of hydrogen-bond acceptors (Lipinski definition) is 2. The Labute approximate surface area is 127 Å². The molecule has 1 fully saturated rings. The number of hydrogen-bond donors (Lipinski definition) is 0. The highest BCUT2D eigenvalue weighted by Crippen LogP contribution is 2.23. The summed E-state index contributed by atoms with van der Waals surface area (Å²) in [6.45, 7) is 2.28. The van der Waals surface area contributed by atoms with Gasteiger partial charge in [0.1, 0.15) is 0 Å². The molecule has 2 rings (SSSR count). The first-order chi connectivity index (χ1) is 9.10. The smallest absolute Gasteiger partial charge is 0.253 e. The van der Waals surface area contributed by atoms with Crippen molar-refractivity contribution in [3.05, 3.63) is 33.3 Å². The third-order valence-electron chi connectivity index (χ3n) is 3.32. The van der Waals surface area contributed by atoms with E-state index < -0.39 is 0 Å². The molecule has 0 bridgehead atoms. The summed E-state index contributed by atoms with van der Waals surface area (Å²) in [7, 11) is 1.70. The Morgan fingerprint density at radius 2 is 2.32 bits per heavy atom. The minimum Gasteiger partial charge on any atom is -0.384 e. The summed E-state index contributed by atoms with van der Waals surface area (Å²) in [5.74, 6) is 0.481. The number of amides is 1. The number of carbonyl (C=O) groups excluding carboxylic acids is 1. The van der Waals surface area contributed by atoms with Gasteiger partial charge < -0.3 is 9.64 Å². The largest absolute Gasteiger partial charge is 0.384 e. The number of likely N-dealkylation sites (tertiary alicyclic amines) is 1. The second-order valence-electron chi connectivity index (χ2n) is 4.87. The summed E-state index contributed by atoms with van der Waals surface area (Å²) in [6.07, 6.45) is 2.15. The predicted molar refractivity (Wildman–Crippen MR) is 79.7 cm³/mol. The average molecular weight is 347 g/mol. The number of benzene rings is 1. The lowest BCUT2D eigenvalue weighted by atomic mass is 9.98. The fourth-order valence-corrected chi connectivity index (χ4v) is 3.34. The van der Waals surface area contributed by atoms with Gasteiger partial charge in [-0.2, -0.15) is 0 Å². The highest BCUT2D eigenvalue weighted by molar-refractivity contribution is 9.10. The zero-order chi connectivity index (χ0) is 13.8. The zero-order valence-corrected chi connectivity index (χ0v) is 13.2. The summed E-state index contributed by atoms with van der Waals surface area (Å²) < 4.78 is 6.01. The first-order valence-corrected chi connectivity index (χ1v) is 7.51.